The van der Waals surface area contributed by atoms with E-state index in [0.29, 0.717) is 6.04 Å². The van der Waals surface area contributed by atoms with E-state index in [2.05, 4.69) is 37.9 Å². The van der Waals surface area contributed by atoms with Crippen LogP contribution in [0.15, 0.2) is 0 Å². The summed E-state index contributed by atoms with van der Waals surface area (Å²) in [6.07, 6.45) is 6.23. The lowest BCUT2D eigenvalue weighted by molar-refractivity contribution is 0.240. The predicted octanol–water partition coefficient (Wildman–Crippen LogP) is 3.47. The summed E-state index contributed by atoms with van der Waals surface area (Å²) in [6.45, 7) is 11.3. The fourth-order valence-electron chi connectivity index (χ4n) is 3.73. The minimum absolute atomic E-state index is 0.0981. The van der Waals surface area contributed by atoms with Crippen LogP contribution in [-0.2, 0) is 12.0 Å². The Kier molecular flexibility index (Phi) is 4.40. The fraction of sp³-hybridized carbons (Fsp3) is 0.824. The van der Waals surface area contributed by atoms with Crippen LogP contribution in [0.4, 0.5) is 0 Å². The first-order chi connectivity index (χ1) is 10.1. The number of rotatable bonds is 6. The van der Waals surface area contributed by atoms with Gasteiger partial charge in [-0.25, -0.2) is 4.98 Å². The molecule has 1 saturated carbocycles. The van der Waals surface area contributed by atoms with Crippen molar-refractivity contribution in [2.45, 2.75) is 77.4 Å². The van der Waals surface area contributed by atoms with Gasteiger partial charge in [0.05, 0.1) is 11.2 Å². The third-order valence-corrected chi connectivity index (χ3v) is 6.25. The van der Waals surface area contributed by atoms with E-state index in [1.165, 1.54) is 41.3 Å². The van der Waals surface area contributed by atoms with Crippen LogP contribution in [0.5, 0.6) is 0 Å². The largest absolute Gasteiger partial charge is 0.304 e. The van der Waals surface area contributed by atoms with Crippen molar-refractivity contribution in [2.75, 3.05) is 13.1 Å². The smallest absolute Gasteiger partial charge is 0.115 e. The van der Waals surface area contributed by atoms with E-state index >= 15 is 0 Å². The highest BCUT2D eigenvalue weighted by atomic mass is 32.1. The third-order valence-electron chi connectivity index (χ3n) is 5.03. The van der Waals surface area contributed by atoms with Crippen LogP contribution in [0.25, 0.3) is 0 Å². The van der Waals surface area contributed by atoms with Crippen molar-refractivity contribution in [3.05, 3.63) is 15.6 Å². The molecule has 1 N–H and O–H groups in total. The van der Waals surface area contributed by atoms with Crippen LogP contribution >= 0.6 is 11.3 Å². The molecule has 1 aliphatic carbocycles. The standard InChI is InChI=1S/C17H29N3S/c1-5-9-18-17(16-19-15(6-2)13(4)21-16)10-12(3)20(11-17)14-7-8-14/h12,14,18H,5-11H2,1-4H3. The summed E-state index contributed by atoms with van der Waals surface area (Å²) in [5.41, 5.74) is 1.39. The highest BCUT2D eigenvalue weighted by Gasteiger charge is 2.49. The van der Waals surface area contributed by atoms with Crippen molar-refractivity contribution in [2.24, 2.45) is 0 Å². The highest BCUT2D eigenvalue weighted by molar-refractivity contribution is 7.11. The van der Waals surface area contributed by atoms with Gasteiger partial charge in [0.15, 0.2) is 0 Å². The predicted molar refractivity (Wildman–Crippen MR) is 90.0 cm³/mol. The summed E-state index contributed by atoms with van der Waals surface area (Å²) < 4.78 is 0. The van der Waals surface area contributed by atoms with Crippen molar-refractivity contribution < 1.29 is 0 Å². The second-order valence-electron chi connectivity index (χ2n) is 6.84. The SMILES string of the molecule is CCCNC1(c2nc(CC)c(C)s2)CC(C)N(C2CC2)C1. The van der Waals surface area contributed by atoms with Gasteiger partial charge in [0.25, 0.3) is 0 Å². The Hall–Kier alpha value is -0.450. The number of hydrogen-bond acceptors (Lipinski definition) is 4. The third kappa shape index (κ3) is 2.90. The second-order valence-corrected chi connectivity index (χ2v) is 8.04. The number of nitrogens with one attached hydrogen (secondary N) is 1. The Morgan fingerprint density at radius 3 is 2.71 bits per heavy atom. The maximum atomic E-state index is 5.01. The molecule has 1 saturated heterocycles. The summed E-state index contributed by atoms with van der Waals surface area (Å²) in [7, 11) is 0. The number of hydrogen-bond donors (Lipinski definition) is 1. The average Bonchev–Trinajstić information content (AvgIpc) is 3.15. The Morgan fingerprint density at radius 1 is 1.38 bits per heavy atom. The van der Waals surface area contributed by atoms with Gasteiger partial charge in [-0.05, 0) is 52.5 Å². The van der Waals surface area contributed by atoms with Gasteiger partial charge in [0.2, 0.25) is 0 Å². The first-order valence-corrected chi connectivity index (χ1v) is 9.39. The zero-order chi connectivity index (χ0) is 15.0. The zero-order valence-electron chi connectivity index (χ0n) is 13.9. The van der Waals surface area contributed by atoms with Gasteiger partial charge < -0.3 is 5.32 Å². The maximum Gasteiger partial charge on any atom is 0.115 e. The first-order valence-electron chi connectivity index (χ1n) is 8.57. The molecule has 0 aromatic carbocycles. The van der Waals surface area contributed by atoms with Gasteiger partial charge in [-0.15, -0.1) is 11.3 Å². The van der Waals surface area contributed by atoms with Crippen LogP contribution in [-0.4, -0.2) is 35.1 Å². The van der Waals surface area contributed by atoms with Crippen molar-refractivity contribution >= 4 is 11.3 Å². The molecule has 1 aliphatic heterocycles. The lowest BCUT2D eigenvalue weighted by Crippen LogP contribution is -2.45. The maximum absolute atomic E-state index is 5.01. The molecule has 21 heavy (non-hydrogen) atoms. The monoisotopic (exact) mass is 307 g/mol. The van der Waals surface area contributed by atoms with Crippen molar-refractivity contribution in [1.29, 1.82) is 0 Å². The van der Waals surface area contributed by atoms with E-state index in [1.807, 2.05) is 11.3 Å². The van der Waals surface area contributed by atoms with Gasteiger partial charge >= 0.3 is 0 Å². The minimum Gasteiger partial charge on any atom is -0.304 e. The Bertz CT molecular complexity index is 494. The molecule has 118 valence electrons. The van der Waals surface area contributed by atoms with Crippen molar-refractivity contribution in [3.8, 4) is 0 Å². The van der Waals surface area contributed by atoms with Crippen LogP contribution in [0, 0.1) is 6.92 Å². The summed E-state index contributed by atoms with van der Waals surface area (Å²) in [4.78, 5) is 9.15. The fourth-order valence-corrected chi connectivity index (χ4v) is 4.90. The van der Waals surface area contributed by atoms with E-state index in [9.17, 15) is 0 Å². The van der Waals surface area contributed by atoms with Gasteiger partial charge in [0, 0.05) is 23.5 Å². The molecule has 2 atom stereocenters. The van der Waals surface area contributed by atoms with Gasteiger partial charge in [-0.3, -0.25) is 4.90 Å². The number of thiazole rings is 1. The molecule has 2 fully saturated rings. The molecule has 2 unspecified atom stereocenters. The lowest BCUT2D eigenvalue weighted by atomic mass is 9.96. The number of likely N-dealkylation sites (tertiary alicyclic amines) is 1. The van der Waals surface area contributed by atoms with Crippen molar-refractivity contribution in [1.82, 2.24) is 15.2 Å². The number of nitrogens with zero attached hydrogens (tertiary/aromatic N) is 2. The van der Waals surface area contributed by atoms with Crippen molar-refractivity contribution in [3.63, 3.8) is 0 Å². The molecule has 0 radical (unpaired) electrons. The van der Waals surface area contributed by atoms with E-state index in [1.54, 1.807) is 0 Å². The Labute approximate surface area is 133 Å². The molecule has 2 aliphatic rings. The number of aryl methyl sites for hydroxylation is 2. The quantitative estimate of drug-likeness (QED) is 0.872. The van der Waals surface area contributed by atoms with Crippen LogP contribution < -0.4 is 5.32 Å². The molecule has 0 amide bonds. The van der Waals surface area contributed by atoms with E-state index in [-0.39, 0.29) is 5.54 Å². The molecule has 3 rings (SSSR count). The van der Waals surface area contributed by atoms with Gasteiger partial charge in [-0.2, -0.15) is 0 Å². The summed E-state index contributed by atoms with van der Waals surface area (Å²) in [5.74, 6) is 0. The Balaban J connectivity index is 1.89. The highest BCUT2D eigenvalue weighted by Crippen LogP contribution is 2.43. The first kappa shape index (κ1) is 15.4. The second kappa shape index (κ2) is 5.98. The summed E-state index contributed by atoms with van der Waals surface area (Å²) in [6, 6.07) is 1.52. The van der Waals surface area contributed by atoms with Crippen LogP contribution in [0.1, 0.15) is 62.0 Å². The molecular formula is C17H29N3S. The normalized spacial score (nSPS) is 30.2. The summed E-state index contributed by atoms with van der Waals surface area (Å²) in [5, 5.41) is 5.21. The zero-order valence-corrected chi connectivity index (χ0v) is 14.7. The molecule has 0 spiro atoms. The molecule has 2 heterocycles. The molecule has 1 aromatic heterocycles. The van der Waals surface area contributed by atoms with E-state index < -0.39 is 0 Å². The lowest BCUT2D eigenvalue weighted by Gasteiger charge is -2.29. The topological polar surface area (TPSA) is 28.2 Å². The minimum atomic E-state index is 0.0981. The van der Waals surface area contributed by atoms with E-state index in [0.717, 1.165) is 25.6 Å². The van der Waals surface area contributed by atoms with Gasteiger partial charge in [-0.1, -0.05) is 13.8 Å². The van der Waals surface area contributed by atoms with Gasteiger partial charge in [0.1, 0.15) is 5.01 Å². The molecule has 4 heteroatoms. The summed E-state index contributed by atoms with van der Waals surface area (Å²) >= 11 is 1.92. The van der Waals surface area contributed by atoms with Crippen LogP contribution in [0.3, 0.4) is 0 Å². The molecule has 1 aromatic rings. The molecule has 3 nitrogen and oxygen atoms in total. The Morgan fingerprint density at radius 2 is 2.14 bits per heavy atom. The van der Waals surface area contributed by atoms with E-state index in [4.69, 9.17) is 4.98 Å². The number of aromatic nitrogens is 1. The molecule has 0 bridgehead atoms. The van der Waals surface area contributed by atoms with Crippen LogP contribution in [0.2, 0.25) is 0 Å². The average molecular weight is 308 g/mol. The molecular weight excluding hydrogens is 278 g/mol.